The number of amides is 1. The second-order valence-electron chi connectivity index (χ2n) is 3.87. The summed E-state index contributed by atoms with van der Waals surface area (Å²) >= 11 is 1.37. The minimum absolute atomic E-state index is 0.247. The van der Waals surface area contributed by atoms with Crippen molar-refractivity contribution in [3.05, 3.63) is 40.9 Å². The molecule has 0 unspecified atom stereocenters. The molecular formula is C13H12N2O3S. The predicted octanol–water partition coefficient (Wildman–Crippen LogP) is 2.63. The van der Waals surface area contributed by atoms with Gasteiger partial charge >= 0.3 is 5.97 Å². The van der Waals surface area contributed by atoms with Crippen LogP contribution in [0, 0.1) is 6.92 Å². The summed E-state index contributed by atoms with van der Waals surface area (Å²) in [5, 5.41) is 5.12. The number of carbonyl (C=O) groups excluding carboxylic acids is 2. The van der Waals surface area contributed by atoms with Gasteiger partial charge in [-0.15, -0.1) is 11.3 Å². The number of rotatable bonds is 3. The van der Waals surface area contributed by atoms with Crippen LogP contribution in [0.5, 0.6) is 5.75 Å². The van der Waals surface area contributed by atoms with Gasteiger partial charge in [-0.2, -0.15) is 0 Å². The largest absolute Gasteiger partial charge is 0.427 e. The maximum atomic E-state index is 11.9. The molecule has 0 atom stereocenters. The van der Waals surface area contributed by atoms with Crippen molar-refractivity contribution in [3.8, 4) is 5.75 Å². The van der Waals surface area contributed by atoms with Gasteiger partial charge in [0.2, 0.25) is 0 Å². The van der Waals surface area contributed by atoms with Crippen LogP contribution in [0.25, 0.3) is 0 Å². The molecule has 1 aromatic carbocycles. The molecule has 1 aromatic heterocycles. The third-order valence-electron chi connectivity index (χ3n) is 2.22. The number of aryl methyl sites for hydroxylation is 1. The Morgan fingerprint density at radius 3 is 2.47 bits per heavy atom. The first-order chi connectivity index (χ1) is 9.04. The smallest absolute Gasteiger partial charge is 0.308 e. The number of ether oxygens (including phenoxy) is 1. The van der Waals surface area contributed by atoms with E-state index in [1.165, 1.54) is 18.3 Å². The van der Waals surface area contributed by atoms with Gasteiger partial charge in [-0.05, 0) is 31.2 Å². The van der Waals surface area contributed by atoms with Crippen LogP contribution in [-0.2, 0) is 4.79 Å². The Hall–Kier alpha value is -2.21. The van der Waals surface area contributed by atoms with Gasteiger partial charge in [-0.3, -0.25) is 14.9 Å². The third-order valence-corrected chi connectivity index (χ3v) is 3.09. The Balaban J connectivity index is 2.05. The Bertz CT molecular complexity index is 605. The van der Waals surface area contributed by atoms with Gasteiger partial charge < -0.3 is 4.74 Å². The van der Waals surface area contributed by atoms with Gasteiger partial charge in [0.05, 0.1) is 5.69 Å². The zero-order chi connectivity index (χ0) is 13.8. The Morgan fingerprint density at radius 2 is 1.95 bits per heavy atom. The second kappa shape index (κ2) is 5.62. The molecule has 0 aliphatic heterocycles. The minimum atomic E-state index is -0.393. The fraction of sp³-hybridized carbons (Fsp3) is 0.154. The van der Waals surface area contributed by atoms with Crippen LogP contribution in [0.15, 0.2) is 29.6 Å². The first-order valence-electron chi connectivity index (χ1n) is 5.56. The van der Waals surface area contributed by atoms with Crippen molar-refractivity contribution in [3.63, 3.8) is 0 Å². The van der Waals surface area contributed by atoms with Gasteiger partial charge in [0.15, 0.2) is 5.13 Å². The fourth-order valence-electron chi connectivity index (χ4n) is 1.42. The molecule has 0 radical (unpaired) electrons. The highest BCUT2D eigenvalue weighted by Gasteiger charge is 2.08. The van der Waals surface area contributed by atoms with Gasteiger partial charge in [0.25, 0.3) is 5.91 Å². The Kier molecular flexibility index (Phi) is 3.91. The molecular weight excluding hydrogens is 264 g/mol. The highest BCUT2D eigenvalue weighted by molar-refractivity contribution is 7.13. The Labute approximate surface area is 114 Å². The maximum absolute atomic E-state index is 11.9. The maximum Gasteiger partial charge on any atom is 0.308 e. The van der Waals surface area contributed by atoms with E-state index in [1.807, 2.05) is 12.3 Å². The molecule has 0 spiro atoms. The van der Waals surface area contributed by atoms with Crippen molar-refractivity contribution in [2.24, 2.45) is 0 Å². The van der Waals surface area contributed by atoms with Crippen LogP contribution in [0.3, 0.4) is 0 Å². The summed E-state index contributed by atoms with van der Waals surface area (Å²) in [6.45, 7) is 3.19. The van der Waals surface area contributed by atoms with Crippen LogP contribution in [0.4, 0.5) is 5.13 Å². The number of hydrogen-bond acceptors (Lipinski definition) is 5. The first kappa shape index (κ1) is 13.2. The third kappa shape index (κ3) is 3.62. The zero-order valence-corrected chi connectivity index (χ0v) is 11.3. The highest BCUT2D eigenvalue weighted by atomic mass is 32.1. The average Bonchev–Trinajstić information content (AvgIpc) is 2.75. The number of nitrogens with one attached hydrogen (secondary N) is 1. The van der Waals surface area contributed by atoms with Crippen molar-refractivity contribution in [1.29, 1.82) is 0 Å². The molecule has 98 valence electrons. The molecule has 0 saturated heterocycles. The SMILES string of the molecule is CC(=O)Oc1ccc(C(=O)Nc2nc(C)cs2)cc1. The van der Waals surface area contributed by atoms with E-state index in [0.717, 1.165) is 5.69 Å². The first-order valence-corrected chi connectivity index (χ1v) is 6.44. The predicted molar refractivity (Wildman–Crippen MR) is 72.6 cm³/mol. The molecule has 6 heteroatoms. The molecule has 1 heterocycles. The molecule has 1 amide bonds. The molecule has 1 N–H and O–H groups in total. The molecule has 19 heavy (non-hydrogen) atoms. The van der Waals surface area contributed by atoms with Crippen molar-refractivity contribution in [2.75, 3.05) is 5.32 Å². The average molecular weight is 276 g/mol. The van der Waals surface area contributed by atoms with E-state index < -0.39 is 5.97 Å². The fourth-order valence-corrected chi connectivity index (χ4v) is 2.10. The number of anilines is 1. The number of hydrogen-bond donors (Lipinski definition) is 1. The van der Waals surface area contributed by atoms with Gasteiger partial charge in [-0.25, -0.2) is 4.98 Å². The van der Waals surface area contributed by atoms with E-state index >= 15 is 0 Å². The number of carbonyl (C=O) groups is 2. The van der Waals surface area contributed by atoms with E-state index in [0.29, 0.717) is 16.4 Å². The standard InChI is InChI=1S/C13H12N2O3S/c1-8-7-19-13(14-8)15-12(17)10-3-5-11(6-4-10)18-9(2)16/h3-7H,1-2H3,(H,14,15,17). The van der Waals surface area contributed by atoms with Crippen LogP contribution < -0.4 is 10.1 Å². The van der Waals surface area contributed by atoms with Crippen molar-refractivity contribution < 1.29 is 14.3 Å². The van der Waals surface area contributed by atoms with Crippen LogP contribution in [-0.4, -0.2) is 16.9 Å². The minimum Gasteiger partial charge on any atom is -0.427 e. The van der Waals surface area contributed by atoms with Crippen molar-refractivity contribution >= 4 is 28.3 Å². The van der Waals surface area contributed by atoms with Crippen LogP contribution >= 0.6 is 11.3 Å². The van der Waals surface area contributed by atoms with E-state index in [9.17, 15) is 9.59 Å². The number of aromatic nitrogens is 1. The molecule has 0 fully saturated rings. The lowest BCUT2D eigenvalue weighted by Gasteiger charge is -2.03. The number of thiazole rings is 1. The van der Waals surface area contributed by atoms with E-state index in [4.69, 9.17) is 4.74 Å². The molecule has 0 saturated carbocycles. The zero-order valence-electron chi connectivity index (χ0n) is 10.5. The van der Waals surface area contributed by atoms with E-state index in [1.54, 1.807) is 24.3 Å². The summed E-state index contributed by atoms with van der Waals surface area (Å²) in [4.78, 5) is 26.8. The van der Waals surface area contributed by atoms with Gasteiger partial charge in [-0.1, -0.05) is 0 Å². The number of esters is 1. The number of nitrogens with zero attached hydrogens (tertiary/aromatic N) is 1. The summed E-state index contributed by atoms with van der Waals surface area (Å²) in [5.74, 6) is -0.228. The molecule has 2 rings (SSSR count). The van der Waals surface area contributed by atoms with Crippen LogP contribution in [0.1, 0.15) is 23.0 Å². The summed E-state index contributed by atoms with van der Waals surface area (Å²) in [6, 6.07) is 6.33. The number of benzene rings is 1. The molecule has 0 aliphatic carbocycles. The summed E-state index contributed by atoms with van der Waals surface area (Å²) in [7, 11) is 0. The molecule has 2 aromatic rings. The Morgan fingerprint density at radius 1 is 1.26 bits per heavy atom. The van der Waals surface area contributed by atoms with Crippen LogP contribution in [0.2, 0.25) is 0 Å². The topological polar surface area (TPSA) is 68.3 Å². The summed E-state index contributed by atoms with van der Waals surface area (Å²) < 4.78 is 4.89. The summed E-state index contributed by atoms with van der Waals surface area (Å²) in [5.41, 5.74) is 1.34. The lowest BCUT2D eigenvalue weighted by Crippen LogP contribution is -2.11. The monoisotopic (exact) mass is 276 g/mol. The lowest BCUT2D eigenvalue weighted by atomic mass is 10.2. The van der Waals surface area contributed by atoms with Gasteiger partial charge in [0.1, 0.15) is 5.75 Å². The highest BCUT2D eigenvalue weighted by Crippen LogP contribution is 2.17. The van der Waals surface area contributed by atoms with E-state index in [-0.39, 0.29) is 5.91 Å². The molecule has 5 nitrogen and oxygen atoms in total. The second-order valence-corrected chi connectivity index (χ2v) is 4.72. The van der Waals surface area contributed by atoms with E-state index in [2.05, 4.69) is 10.3 Å². The quantitative estimate of drug-likeness (QED) is 0.691. The molecule has 0 aliphatic rings. The van der Waals surface area contributed by atoms with Gasteiger partial charge in [0, 0.05) is 17.9 Å². The lowest BCUT2D eigenvalue weighted by molar-refractivity contribution is -0.131. The molecule has 0 bridgehead atoms. The summed E-state index contributed by atoms with van der Waals surface area (Å²) in [6.07, 6.45) is 0. The normalized spacial score (nSPS) is 10.0. The van der Waals surface area contributed by atoms with Crippen molar-refractivity contribution in [2.45, 2.75) is 13.8 Å². The van der Waals surface area contributed by atoms with Crippen molar-refractivity contribution in [1.82, 2.24) is 4.98 Å².